The van der Waals surface area contributed by atoms with Crippen molar-refractivity contribution < 1.29 is 0 Å². The molecule has 0 radical (unpaired) electrons. The molecule has 3 aromatic rings. The van der Waals surface area contributed by atoms with E-state index in [1.165, 1.54) is 44.1 Å². The van der Waals surface area contributed by atoms with Crippen LogP contribution in [0, 0.1) is 0 Å². The molecule has 2 saturated heterocycles. The fraction of sp³-hybridized carbons (Fsp3) is 0.417. The molecular formula is C24H25N7S. The molecule has 2 bridgehead atoms. The number of aromatic nitrogens is 5. The van der Waals surface area contributed by atoms with Crippen molar-refractivity contribution in [2.75, 3.05) is 11.9 Å². The molecule has 32 heavy (non-hydrogen) atoms. The Morgan fingerprint density at radius 1 is 1.12 bits per heavy atom. The zero-order valence-electron chi connectivity index (χ0n) is 17.8. The van der Waals surface area contributed by atoms with E-state index in [4.69, 9.17) is 9.97 Å². The van der Waals surface area contributed by atoms with Crippen LogP contribution in [0.4, 0.5) is 5.82 Å². The molecule has 0 spiro atoms. The molecule has 0 unspecified atom stereocenters. The van der Waals surface area contributed by atoms with Crippen LogP contribution in [0.3, 0.4) is 0 Å². The van der Waals surface area contributed by atoms with Crippen LogP contribution in [0.25, 0.3) is 16.9 Å². The average molecular weight is 444 g/mol. The number of imidazole rings is 1. The molecule has 0 atom stereocenters. The number of thioether (sulfide) groups is 1. The lowest BCUT2D eigenvalue weighted by atomic mass is 10.0. The van der Waals surface area contributed by atoms with Gasteiger partial charge in [0.1, 0.15) is 0 Å². The van der Waals surface area contributed by atoms with Gasteiger partial charge in [0.05, 0.1) is 28.8 Å². The van der Waals surface area contributed by atoms with E-state index < -0.39 is 0 Å². The van der Waals surface area contributed by atoms with Gasteiger partial charge in [0.25, 0.3) is 0 Å². The molecule has 8 heteroatoms. The summed E-state index contributed by atoms with van der Waals surface area (Å²) < 4.78 is 2.15. The van der Waals surface area contributed by atoms with E-state index in [1.54, 1.807) is 11.8 Å². The molecule has 7 nitrogen and oxygen atoms in total. The van der Waals surface area contributed by atoms with Gasteiger partial charge in [-0.2, -0.15) is 5.10 Å². The quantitative estimate of drug-likeness (QED) is 0.540. The van der Waals surface area contributed by atoms with E-state index in [2.05, 4.69) is 48.2 Å². The Bertz CT molecular complexity index is 1260. The summed E-state index contributed by atoms with van der Waals surface area (Å²) in [5.41, 5.74) is 8.74. The molecule has 3 aliphatic heterocycles. The largest absolute Gasteiger partial charge is 0.332 e. The lowest BCUT2D eigenvalue weighted by Crippen LogP contribution is -2.30. The van der Waals surface area contributed by atoms with Crippen molar-refractivity contribution in [2.24, 2.45) is 0 Å². The molecule has 162 valence electrons. The maximum absolute atomic E-state index is 4.99. The first-order chi connectivity index (χ1) is 15.8. The van der Waals surface area contributed by atoms with Crippen LogP contribution in [-0.2, 0) is 0 Å². The highest BCUT2D eigenvalue weighted by molar-refractivity contribution is 8.05. The molecule has 4 aliphatic rings. The van der Waals surface area contributed by atoms with E-state index >= 15 is 0 Å². The number of rotatable bonds is 6. The minimum Gasteiger partial charge on any atom is -0.332 e. The molecule has 7 rings (SSSR count). The van der Waals surface area contributed by atoms with E-state index in [0.29, 0.717) is 5.92 Å². The van der Waals surface area contributed by atoms with Crippen molar-refractivity contribution in [3.63, 3.8) is 0 Å². The van der Waals surface area contributed by atoms with Crippen LogP contribution in [0.2, 0.25) is 0 Å². The zero-order chi connectivity index (χ0) is 21.1. The lowest BCUT2D eigenvalue weighted by molar-refractivity contribution is 0.277. The molecule has 1 saturated carbocycles. The number of nitrogens with zero attached hydrogens (tertiary/aromatic N) is 5. The third kappa shape index (κ3) is 3.22. The van der Waals surface area contributed by atoms with Crippen LogP contribution in [0.5, 0.6) is 0 Å². The Morgan fingerprint density at radius 3 is 2.72 bits per heavy atom. The van der Waals surface area contributed by atoms with E-state index in [0.717, 1.165) is 52.1 Å². The van der Waals surface area contributed by atoms with Gasteiger partial charge in [0, 0.05) is 53.5 Å². The summed E-state index contributed by atoms with van der Waals surface area (Å²) in [6.07, 6.45) is 17.9. The van der Waals surface area contributed by atoms with Crippen molar-refractivity contribution in [3.8, 4) is 11.3 Å². The monoisotopic (exact) mass is 443 g/mol. The van der Waals surface area contributed by atoms with Gasteiger partial charge in [-0.1, -0.05) is 11.8 Å². The predicted octanol–water partition coefficient (Wildman–Crippen LogP) is 4.66. The summed E-state index contributed by atoms with van der Waals surface area (Å²) in [5.74, 6) is 1.37. The maximum Gasteiger partial charge on any atom is 0.180 e. The SMILES string of the molecule is C1=CSC(Nc2nc(C3CC3)cn3c(-c4cn[nH]c4)cnc23)=CC=1CN1C2CCC1CC2. The normalized spacial score (nSPS) is 24.9. The number of H-pyrrole nitrogens is 1. The van der Waals surface area contributed by atoms with Crippen LogP contribution < -0.4 is 5.32 Å². The first-order valence-corrected chi connectivity index (χ1v) is 12.4. The Morgan fingerprint density at radius 2 is 1.97 bits per heavy atom. The highest BCUT2D eigenvalue weighted by atomic mass is 32.2. The van der Waals surface area contributed by atoms with Crippen LogP contribution in [0.1, 0.15) is 50.1 Å². The predicted molar refractivity (Wildman–Crippen MR) is 126 cm³/mol. The molecule has 0 amide bonds. The van der Waals surface area contributed by atoms with Crippen molar-refractivity contribution in [3.05, 3.63) is 58.3 Å². The fourth-order valence-corrected chi connectivity index (χ4v) is 6.12. The van der Waals surface area contributed by atoms with Crippen molar-refractivity contribution in [2.45, 2.75) is 56.5 Å². The van der Waals surface area contributed by atoms with Gasteiger partial charge in [-0.05, 0) is 44.6 Å². The Balaban J connectivity index is 1.20. The van der Waals surface area contributed by atoms with Crippen molar-refractivity contribution in [1.82, 2.24) is 29.5 Å². The summed E-state index contributed by atoms with van der Waals surface area (Å²) in [6.45, 7) is 0.997. The second kappa shape index (κ2) is 7.37. The first kappa shape index (κ1) is 18.7. The number of fused-ring (bicyclic) bond motifs is 3. The smallest absolute Gasteiger partial charge is 0.180 e. The van der Waals surface area contributed by atoms with Crippen molar-refractivity contribution in [1.29, 1.82) is 0 Å². The van der Waals surface area contributed by atoms with Crippen LogP contribution in [-0.4, -0.2) is 48.1 Å². The molecular weight excluding hydrogens is 418 g/mol. The van der Waals surface area contributed by atoms with Gasteiger partial charge in [0.15, 0.2) is 11.5 Å². The van der Waals surface area contributed by atoms with Gasteiger partial charge < -0.3 is 5.32 Å². The van der Waals surface area contributed by atoms with Gasteiger partial charge in [0.2, 0.25) is 0 Å². The second-order valence-corrected chi connectivity index (χ2v) is 10.2. The van der Waals surface area contributed by atoms with Gasteiger partial charge >= 0.3 is 0 Å². The topological polar surface area (TPSA) is 74.1 Å². The van der Waals surface area contributed by atoms with Crippen molar-refractivity contribution >= 4 is 23.2 Å². The molecule has 0 aromatic carbocycles. The minimum atomic E-state index is 0.550. The third-order valence-corrected chi connectivity index (χ3v) is 7.94. The molecule has 3 aromatic heterocycles. The molecule has 1 aliphatic carbocycles. The fourth-order valence-electron chi connectivity index (χ4n) is 5.42. The molecule has 2 N–H and O–H groups in total. The minimum absolute atomic E-state index is 0.550. The van der Waals surface area contributed by atoms with E-state index in [9.17, 15) is 0 Å². The van der Waals surface area contributed by atoms with E-state index in [-0.39, 0.29) is 0 Å². The zero-order valence-corrected chi connectivity index (χ0v) is 18.6. The third-order valence-electron chi connectivity index (χ3n) is 7.23. The number of aromatic amines is 1. The molecule has 3 fully saturated rings. The Labute approximate surface area is 190 Å². The van der Waals surface area contributed by atoms with Gasteiger partial charge in [-0.25, -0.2) is 9.97 Å². The van der Waals surface area contributed by atoms with Crippen LogP contribution >= 0.6 is 11.8 Å². The number of hydrogen-bond donors (Lipinski definition) is 2. The number of nitrogens with one attached hydrogen (secondary N) is 2. The maximum atomic E-state index is 4.99. The standard InChI is InChI=1S/C24H25N7S/c1-2-16(1)20-14-31-21(17-10-26-27-11-17)12-25-24(31)23(28-20)29-22-9-15(7-8-32-22)13-30-18-3-4-19(30)6-5-18/h8-12,14,16,18-19H,1-6,13H2,(H,26,27)(H,28,29). The summed E-state index contributed by atoms with van der Waals surface area (Å²) in [4.78, 5) is 12.4. The van der Waals surface area contributed by atoms with Gasteiger partial charge in [-0.15, -0.1) is 5.73 Å². The number of hydrogen-bond acceptors (Lipinski definition) is 6. The first-order valence-electron chi connectivity index (χ1n) is 11.5. The summed E-state index contributed by atoms with van der Waals surface area (Å²) >= 11 is 1.66. The summed E-state index contributed by atoms with van der Waals surface area (Å²) in [5, 5.41) is 13.8. The summed E-state index contributed by atoms with van der Waals surface area (Å²) in [6, 6.07) is 1.55. The number of anilines is 1. The van der Waals surface area contributed by atoms with Crippen LogP contribution in [0.15, 0.2) is 52.6 Å². The average Bonchev–Trinajstić information content (AvgIpc) is 3.15. The Hall–Kier alpha value is -2.80. The Kier molecular flexibility index (Phi) is 4.32. The lowest BCUT2D eigenvalue weighted by Gasteiger charge is -2.22. The van der Waals surface area contributed by atoms with E-state index in [1.807, 2.05) is 18.6 Å². The van der Waals surface area contributed by atoms with Gasteiger partial charge in [-0.3, -0.25) is 14.4 Å². The second-order valence-electron chi connectivity index (χ2n) is 9.29. The summed E-state index contributed by atoms with van der Waals surface area (Å²) in [7, 11) is 0. The highest BCUT2D eigenvalue weighted by Crippen LogP contribution is 2.41. The molecule has 6 heterocycles. The highest BCUT2D eigenvalue weighted by Gasteiger charge is 2.39.